The summed E-state index contributed by atoms with van der Waals surface area (Å²) in [4.78, 5) is 11.8. The van der Waals surface area contributed by atoms with Gasteiger partial charge in [-0.3, -0.25) is 4.79 Å². The van der Waals surface area contributed by atoms with E-state index in [1.807, 2.05) is 0 Å². The summed E-state index contributed by atoms with van der Waals surface area (Å²) < 4.78 is 26.0. The maximum absolute atomic E-state index is 13.0. The fourth-order valence-corrected chi connectivity index (χ4v) is 1.63. The predicted molar refractivity (Wildman–Crippen MR) is 70.2 cm³/mol. The number of hydrogen-bond acceptors (Lipinski definition) is 2. The van der Waals surface area contributed by atoms with Gasteiger partial charge in [-0.15, -0.1) is 0 Å². The normalized spacial score (nSPS) is 10.3. The van der Waals surface area contributed by atoms with Crippen LogP contribution in [0.2, 0.25) is 5.02 Å². The van der Waals surface area contributed by atoms with Gasteiger partial charge in [0.15, 0.2) is 0 Å². The lowest BCUT2D eigenvalue weighted by Crippen LogP contribution is -2.12. The summed E-state index contributed by atoms with van der Waals surface area (Å²) in [6, 6.07) is 7.08. The Hall–Kier alpha value is -2.14. The first-order valence-corrected chi connectivity index (χ1v) is 5.66. The maximum Gasteiger partial charge on any atom is 0.255 e. The van der Waals surface area contributed by atoms with Crippen molar-refractivity contribution in [2.75, 3.05) is 11.1 Å². The molecule has 0 bridgehead atoms. The molecule has 0 radical (unpaired) electrons. The van der Waals surface area contributed by atoms with Gasteiger partial charge >= 0.3 is 0 Å². The number of hydrogen-bond donors (Lipinski definition) is 2. The number of nitrogens with one attached hydrogen (secondary N) is 1. The van der Waals surface area contributed by atoms with Crippen LogP contribution in [0.25, 0.3) is 0 Å². The molecule has 3 nitrogen and oxygen atoms in total. The average Bonchev–Trinajstić information content (AvgIpc) is 2.32. The highest BCUT2D eigenvalue weighted by molar-refractivity contribution is 6.33. The van der Waals surface area contributed by atoms with E-state index in [9.17, 15) is 13.6 Å². The molecule has 0 saturated heterocycles. The van der Waals surface area contributed by atoms with Gasteiger partial charge in [-0.2, -0.15) is 0 Å². The van der Waals surface area contributed by atoms with Gasteiger partial charge in [-0.05, 0) is 30.3 Å². The molecular formula is C13H9ClF2N2O. The maximum atomic E-state index is 13.0. The Morgan fingerprint density at radius 3 is 2.32 bits per heavy atom. The van der Waals surface area contributed by atoms with Crippen molar-refractivity contribution in [1.82, 2.24) is 0 Å². The molecule has 0 aliphatic rings. The minimum Gasteiger partial charge on any atom is -0.397 e. The lowest BCUT2D eigenvalue weighted by molar-refractivity contribution is 0.102. The van der Waals surface area contributed by atoms with Gasteiger partial charge in [0.2, 0.25) is 0 Å². The van der Waals surface area contributed by atoms with Crippen LogP contribution in [0.4, 0.5) is 20.2 Å². The van der Waals surface area contributed by atoms with Crippen LogP contribution in [0.3, 0.4) is 0 Å². The topological polar surface area (TPSA) is 55.1 Å². The molecule has 0 aliphatic carbocycles. The Bertz CT molecular complexity index is 626. The Morgan fingerprint density at radius 1 is 1.11 bits per heavy atom. The number of amides is 1. The van der Waals surface area contributed by atoms with E-state index in [1.165, 1.54) is 18.2 Å². The highest BCUT2D eigenvalue weighted by Crippen LogP contribution is 2.22. The van der Waals surface area contributed by atoms with E-state index in [-0.39, 0.29) is 5.56 Å². The molecule has 0 spiro atoms. The fraction of sp³-hybridized carbons (Fsp3) is 0. The SMILES string of the molecule is Nc1cc(NC(=O)c2cc(F)cc(F)c2)ccc1Cl. The zero-order valence-electron chi connectivity index (χ0n) is 9.58. The van der Waals surface area contributed by atoms with Crippen LogP contribution in [-0.4, -0.2) is 5.91 Å². The highest BCUT2D eigenvalue weighted by atomic mass is 35.5. The summed E-state index contributed by atoms with van der Waals surface area (Å²) in [7, 11) is 0. The number of carbonyl (C=O) groups excluding carboxylic acids is 1. The van der Waals surface area contributed by atoms with Crippen molar-refractivity contribution in [2.45, 2.75) is 0 Å². The minimum absolute atomic E-state index is 0.119. The van der Waals surface area contributed by atoms with E-state index in [4.69, 9.17) is 17.3 Å². The monoisotopic (exact) mass is 282 g/mol. The molecule has 98 valence electrons. The number of halogens is 3. The number of nitrogen functional groups attached to an aromatic ring is 1. The summed E-state index contributed by atoms with van der Waals surface area (Å²) in [6.07, 6.45) is 0. The van der Waals surface area contributed by atoms with Gasteiger partial charge in [0.25, 0.3) is 5.91 Å². The van der Waals surface area contributed by atoms with Crippen molar-refractivity contribution in [3.63, 3.8) is 0 Å². The van der Waals surface area contributed by atoms with E-state index in [0.717, 1.165) is 12.1 Å². The number of anilines is 2. The van der Waals surface area contributed by atoms with E-state index >= 15 is 0 Å². The molecule has 1 amide bonds. The molecular weight excluding hydrogens is 274 g/mol. The van der Waals surface area contributed by atoms with Crippen LogP contribution in [0.5, 0.6) is 0 Å². The van der Waals surface area contributed by atoms with Crippen LogP contribution in [0.1, 0.15) is 10.4 Å². The zero-order chi connectivity index (χ0) is 14.0. The zero-order valence-corrected chi connectivity index (χ0v) is 10.3. The third-order valence-electron chi connectivity index (χ3n) is 2.38. The predicted octanol–water partition coefficient (Wildman–Crippen LogP) is 3.45. The van der Waals surface area contributed by atoms with Crippen molar-refractivity contribution in [3.8, 4) is 0 Å². The molecule has 0 aromatic heterocycles. The molecule has 2 rings (SSSR count). The first-order valence-electron chi connectivity index (χ1n) is 5.28. The summed E-state index contributed by atoms with van der Waals surface area (Å²) in [6.45, 7) is 0. The van der Waals surface area contributed by atoms with Crippen LogP contribution in [-0.2, 0) is 0 Å². The standard InChI is InChI=1S/C13H9ClF2N2O/c14-11-2-1-10(6-12(11)17)18-13(19)7-3-8(15)5-9(16)4-7/h1-6H,17H2,(H,18,19). The van der Waals surface area contributed by atoms with E-state index in [0.29, 0.717) is 22.5 Å². The quantitative estimate of drug-likeness (QED) is 0.829. The van der Waals surface area contributed by atoms with Crippen molar-refractivity contribution in [2.24, 2.45) is 0 Å². The third-order valence-corrected chi connectivity index (χ3v) is 2.72. The van der Waals surface area contributed by atoms with Crippen LogP contribution < -0.4 is 11.1 Å². The van der Waals surface area contributed by atoms with Crippen molar-refractivity contribution >= 4 is 28.9 Å². The van der Waals surface area contributed by atoms with Crippen LogP contribution >= 0.6 is 11.6 Å². The molecule has 0 unspecified atom stereocenters. The number of carbonyl (C=O) groups is 1. The number of rotatable bonds is 2. The van der Waals surface area contributed by atoms with E-state index in [2.05, 4.69) is 5.32 Å². The molecule has 2 aromatic carbocycles. The smallest absolute Gasteiger partial charge is 0.255 e. The summed E-state index contributed by atoms with van der Waals surface area (Å²) in [5, 5.41) is 2.83. The molecule has 19 heavy (non-hydrogen) atoms. The van der Waals surface area contributed by atoms with Gasteiger partial charge < -0.3 is 11.1 Å². The molecule has 0 aliphatic heterocycles. The van der Waals surface area contributed by atoms with Gasteiger partial charge in [-0.25, -0.2) is 8.78 Å². The molecule has 0 fully saturated rings. The molecule has 0 saturated carbocycles. The largest absolute Gasteiger partial charge is 0.397 e. The Balaban J connectivity index is 2.22. The highest BCUT2D eigenvalue weighted by Gasteiger charge is 2.10. The van der Waals surface area contributed by atoms with Gasteiger partial charge in [0.05, 0.1) is 10.7 Å². The molecule has 3 N–H and O–H groups in total. The van der Waals surface area contributed by atoms with Crippen LogP contribution in [0, 0.1) is 11.6 Å². The van der Waals surface area contributed by atoms with Gasteiger partial charge in [0.1, 0.15) is 11.6 Å². The van der Waals surface area contributed by atoms with Crippen molar-refractivity contribution in [3.05, 3.63) is 58.6 Å². The number of nitrogens with two attached hydrogens (primary N) is 1. The lowest BCUT2D eigenvalue weighted by atomic mass is 10.2. The van der Waals surface area contributed by atoms with Gasteiger partial charge in [-0.1, -0.05) is 11.6 Å². The second-order valence-corrected chi connectivity index (χ2v) is 4.26. The Labute approximate surface area is 113 Å². The van der Waals surface area contributed by atoms with Gasteiger partial charge in [0, 0.05) is 17.3 Å². The molecule has 0 atom stereocenters. The molecule has 2 aromatic rings. The first-order chi connectivity index (χ1) is 8.95. The van der Waals surface area contributed by atoms with Crippen molar-refractivity contribution in [1.29, 1.82) is 0 Å². The van der Waals surface area contributed by atoms with Crippen LogP contribution in [0.15, 0.2) is 36.4 Å². The lowest BCUT2D eigenvalue weighted by Gasteiger charge is -2.07. The van der Waals surface area contributed by atoms with Crippen molar-refractivity contribution < 1.29 is 13.6 Å². The fourth-order valence-electron chi connectivity index (χ4n) is 1.51. The third kappa shape index (κ3) is 3.20. The summed E-state index contributed by atoms with van der Waals surface area (Å²) >= 11 is 5.74. The Kier molecular flexibility index (Phi) is 3.66. The molecule has 6 heteroatoms. The number of benzene rings is 2. The Morgan fingerprint density at radius 2 is 1.74 bits per heavy atom. The average molecular weight is 283 g/mol. The molecule has 0 heterocycles. The second kappa shape index (κ2) is 5.24. The minimum atomic E-state index is -0.819. The summed E-state index contributed by atoms with van der Waals surface area (Å²) in [5.74, 6) is -2.28. The first kappa shape index (κ1) is 13.3. The van der Waals surface area contributed by atoms with E-state index in [1.54, 1.807) is 0 Å². The second-order valence-electron chi connectivity index (χ2n) is 3.85. The summed E-state index contributed by atoms with van der Waals surface area (Å²) in [5.41, 5.74) is 6.14. The van der Waals surface area contributed by atoms with E-state index < -0.39 is 17.5 Å².